The van der Waals surface area contributed by atoms with Gasteiger partial charge in [-0.2, -0.15) is 0 Å². The Balaban J connectivity index is 3.32. The third-order valence-electron chi connectivity index (χ3n) is 0.998. The van der Waals surface area contributed by atoms with Gasteiger partial charge in [0.15, 0.2) is 0 Å². The molecule has 0 aromatic carbocycles. The molecule has 0 fully saturated rings. The summed E-state index contributed by atoms with van der Waals surface area (Å²) in [6.45, 7) is 6.89. The first-order valence-electron chi connectivity index (χ1n) is 3.40. The highest BCUT2D eigenvalue weighted by molar-refractivity contribution is 5.86. The van der Waals surface area contributed by atoms with Crippen molar-refractivity contribution >= 4 is 11.9 Å². The summed E-state index contributed by atoms with van der Waals surface area (Å²) >= 11 is 0. The molecule has 0 unspecified atom stereocenters. The fraction of sp³-hybridized carbons (Fsp3) is 0.250. The normalized spacial score (nSPS) is 8.33. The topological polar surface area (TPSA) is 55.4 Å². The molecule has 0 rings (SSSR count). The first-order valence-corrected chi connectivity index (χ1v) is 3.40. The smallest absolute Gasteiger partial charge is 0.330 e. The standard InChI is InChI=1S/C8H11NO3/c1-3-7(10)9-5-6-12-8(11)4-2/h3-4H,1-2,5-6H2,(H,9,10). The number of esters is 1. The molecule has 4 heteroatoms. The van der Waals surface area contributed by atoms with Crippen LogP contribution in [0.5, 0.6) is 0 Å². The lowest BCUT2D eigenvalue weighted by molar-refractivity contribution is -0.138. The molecule has 0 heterocycles. The van der Waals surface area contributed by atoms with E-state index < -0.39 is 5.97 Å². The lowest BCUT2D eigenvalue weighted by Gasteiger charge is -2.01. The number of carbonyl (C=O) groups is 2. The van der Waals surface area contributed by atoms with Crippen LogP contribution in [-0.4, -0.2) is 25.0 Å². The highest BCUT2D eigenvalue weighted by atomic mass is 16.5. The number of nitrogens with one attached hydrogen (secondary N) is 1. The summed E-state index contributed by atoms with van der Waals surface area (Å²) in [7, 11) is 0. The van der Waals surface area contributed by atoms with Gasteiger partial charge >= 0.3 is 5.97 Å². The van der Waals surface area contributed by atoms with Crippen LogP contribution in [0.3, 0.4) is 0 Å². The van der Waals surface area contributed by atoms with E-state index in [2.05, 4.69) is 23.2 Å². The molecule has 4 nitrogen and oxygen atoms in total. The van der Waals surface area contributed by atoms with Crippen LogP contribution < -0.4 is 5.32 Å². The van der Waals surface area contributed by atoms with E-state index in [9.17, 15) is 9.59 Å². The van der Waals surface area contributed by atoms with E-state index in [1.165, 1.54) is 0 Å². The van der Waals surface area contributed by atoms with E-state index in [4.69, 9.17) is 0 Å². The van der Waals surface area contributed by atoms with Crippen molar-refractivity contribution in [2.24, 2.45) is 0 Å². The van der Waals surface area contributed by atoms with E-state index in [1.54, 1.807) is 0 Å². The minimum atomic E-state index is -0.497. The molecule has 0 spiro atoms. The van der Waals surface area contributed by atoms with Crippen LogP contribution in [-0.2, 0) is 14.3 Å². The Morgan fingerprint density at radius 2 is 2.00 bits per heavy atom. The molecular formula is C8H11NO3. The summed E-state index contributed by atoms with van der Waals surface area (Å²) in [5, 5.41) is 2.44. The average molecular weight is 169 g/mol. The number of hydrogen-bond donors (Lipinski definition) is 1. The quantitative estimate of drug-likeness (QED) is 0.358. The Morgan fingerprint density at radius 3 is 2.50 bits per heavy atom. The lowest BCUT2D eigenvalue weighted by atomic mass is 10.5. The summed E-state index contributed by atoms with van der Waals surface area (Å²) in [5.74, 6) is -0.785. The van der Waals surface area contributed by atoms with Gasteiger partial charge in [-0.05, 0) is 6.08 Å². The van der Waals surface area contributed by atoms with Crippen LogP contribution >= 0.6 is 0 Å². The lowest BCUT2D eigenvalue weighted by Crippen LogP contribution is -2.25. The summed E-state index contributed by atoms with van der Waals surface area (Å²) < 4.78 is 4.58. The van der Waals surface area contributed by atoms with Crippen LogP contribution in [0.4, 0.5) is 0 Å². The van der Waals surface area contributed by atoms with Gasteiger partial charge in [-0.25, -0.2) is 4.79 Å². The number of hydrogen-bond acceptors (Lipinski definition) is 3. The molecule has 1 amide bonds. The van der Waals surface area contributed by atoms with Gasteiger partial charge in [-0.15, -0.1) is 0 Å². The molecule has 0 aliphatic carbocycles. The Labute approximate surface area is 70.9 Å². The fourth-order valence-corrected chi connectivity index (χ4v) is 0.457. The first-order chi connectivity index (χ1) is 5.70. The Bertz CT molecular complexity index is 176. The molecule has 0 aliphatic heterocycles. The summed E-state index contributed by atoms with van der Waals surface area (Å²) in [4.78, 5) is 21.0. The van der Waals surface area contributed by atoms with Crippen molar-refractivity contribution in [2.75, 3.05) is 13.2 Å². The highest BCUT2D eigenvalue weighted by Crippen LogP contribution is 1.77. The van der Waals surface area contributed by atoms with Gasteiger partial charge in [0.05, 0.1) is 6.54 Å². The molecule has 0 aromatic rings. The van der Waals surface area contributed by atoms with Crippen LogP contribution in [0.1, 0.15) is 0 Å². The number of amides is 1. The number of carbonyl (C=O) groups excluding carboxylic acids is 2. The molecule has 0 aliphatic rings. The fourth-order valence-electron chi connectivity index (χ4n) is 0.457. The zero-order chi connectivity index (χ0) is 9.40. The van der Waals surface area contributed by atoms with Gasteiger partial charge in [-0.3, -0.25) is 4.79 Å². The average Bonchev–Trinajstić information content (AvgIpc) is 2.11. The molecule has 0 bridgehead atoms. The van der Waals surface area contributed by atoms with Crippen LogP contribution in [0.25, 0.3) is 0 Å². The summed E-state index contributed by atoms with van der Waals surface area (Å²) in [6.07, 6.45) is 2.21. The van der Waals surface area contributed by atoms with Crippen molar-refractivity contribution in [2.45, 2.75) is 0 Å². The van der Waals surface area contributed by atoms with E-state index >= 15 is 0 Å². The number of ether oxygens (including phenoxy) is 1. The van der Waals surface area contributed by atoms with Crippen LogP contribution in [0, 0.1) is 0 Å². The van der Waals surface area contributed by atoms with E-state index in [0.717, 1.165) is 12.2 Å². The van der Waals surface area contributed by atoms with Crippen molar-refractivity contribution in [3.63, 3.8) is 0 Å². The largest absolute Gasteiger partial charge is 0.461 e. The second-order valence-electron chi connectivity index (χ2n) is 1.87. The minimum absolute atomic E-state index is 0.143. The van der Waals surface area contributed by atoms with E-state index in [0.29, 0.717) is 0 Å². The minimum Gasteiger partial charge on any atom is -0.461 e. The van der Waals surface area contributed by atoms with Gasteiger partial charge in [0.2, 0.25) is 5.91 Å². The van der Waals surface area contributed by atoms with Crippen molar-refractivity contribution < 1.29 is 14.3 Å². The highest BCUT2D eigenvalue weighted by Gasteiger charge is 1.95. The van der Waals surface area contributed by atoms with Crippen LogP contribution in [0.2, 0.25) is 0 Å². The molecule has 12 heavy (non-hydrogen) atoms. The maximum atomic E-state index is 10.5. The maximum absolute atomic E-state index is 10.5. The van der Waals surface area contributed by atoms with E-state index in [-0.39, 0.29) is 19.1 Å². The zero-order valence-electron chi connectivity index (χ0n) is 6.71. The van der Waals surface area contributed by atoms with Gasteiger partial charge < -0.3 is 10.1 Å². The Morgan fingerprint density at radius 1 is 1.33 bits per heavy atom. The van der Waals surface area contributed by atoms with Crippen molar-refractivity contribution in [3.05, 3.63) is 25.3 Å². The predicted octanol–water partition coefficient (Wildman–Crippen LogP) is 0.0178. The maximum Gasteiger partial charge on any atom is 0.330 e. The third-order valence-corrected chi connectivity index (χ3v) is 0.998. The Kier molecular flexibility index (Phi) is 5.34. The molecule has 0 saturated heterocycles. The second-order valence-corrected chi connectivity index (χ2v) is 1.87. The van der Waals surface area contributed by atoms with Crippen molar-refractivity contribution in [1.29, 1.82) is 0 Å². The van der Waals surface area contributed by atoms with Crippen molar-refractivity contribution in [3.8, 4) is 0 Å². The zero-order valence-corrected chi connectivity index (χ0v) is 6.71. The van der Waals surface area contributed by atoms with Gasteiger partial charge in [0.25, 0.3) is 0 Å². The SMILES string of the molecule is C=CC(=O)NCCOC(=O)C=C. The molecule has 0 saturated carbocycles. The molecule has 0 atom stereocenters. The van der Waals surface area contributed by atoms with E-state index in [1.807, 2.05) is 0 Å². The van der Waals surface area contributed by atoms with Gasteiger partial charge in [0.1, 0.15) is 6.61 Å². The predicted molar refractivity (Wildman–Crippen MR) is 44.4 cm³/mol. The third kappa shape index (κ3) is 5.22. The van der Waals surface area contributed by atoms with Gasteiger partial charge in [-0.1, -0.05) is 13.2 Å². The first kappa shape index (κ1) is 10.4. The molecule has 0 radical (unpaired) electrons. The number of rotatable bonds is 5. The van der Waals surface area contributed by atoms with Crippen LogP contribution in [0.15, 0.2) is 25.3 Å². The molecular weight excluding hydrogens is 158 g/mol. The molecule has 1 N–H and O–H groups in total. The summed E-state index contributed by atoms with van der Waals surface area (Å²) in [6, 6.07) is 0. The molecule has 0 aromatic heterocycles. The summed E-state index contributed by atoms with van der Waals surface area (Å²) in [5.41, 5.74) is 0. The Hall–Kier alpha value is -1.58. The monoisotopic (exact) mass is 169 g/mol. The molecule has 66 valence electrons. The van der Waals surface area contributed by atoms with Gasteiger partial charge in [0, 0.05) is 6.08 Å². The van der Waals surface area contributed by atoms with Crippen molar-refractivity contribution in [1.82, 2.24) is 5.32 Å². The second kappa shape index (κ2) is 6.15.